The predicted molar refractivity (Wildman–Crippen MR) is 59.1 cm³/mol. The van der Waals surface area contributed by atoms with E-state index in [0.717, 1.165) is 19.0 Å². The van der Waals surface area contributed by atoms with Gasteiger partial charge in [-0.3, -0.25) is 0 Å². The third-order valence-electron chi connectivity index (χ3n) is 3.01. The summed E-state index contributed by atoms with van der Waals surface area (Å²) in [6.45, 7) is 7.37. The molecule has 2 atom stereocenters. The molecule has 1 fully saturated rings. The molecule has 0 aromatic heterocycles. The van der Waals surface area contributed by atoms with Crippen molar-refractivity contribution < 1.29 is 5.11 Å². The molecule has 0 aromatic carbocycles. The Labute approximate surface area is 87.3 Å². The summed E-state index contributed by atoms with van der Waals surface area (Å²) in [6, 6.07) is 0. The van der Waals surface area contributed by atoms with Crippen LogP contribution in [-0.2, 0) is 0 Å². The molecular weight excluding hydrogens is 176 g/mol. The minimum absolute atomic E-state index is 0.0714. The highest BCUT2D eigenvalue weighted by Crippen LogP contribution is 2.21. The van der Waals surface area contributed by atoms with Crippen molar-refractivity contribution in [3.63, 3.8) is 0 Å². The van der Waals surface area contributed by atoms with E-state index in [2.05, 4.69) is 11.8 Å². The van der Waals surface area contributed by atoms with E-state index in [9.17, 15) is 0 Å². The van der Waals surface area contributed by atoms with Crippen molar-refractivity contribution in [3.8, 4) is 0 Å². The zero-order chi connectivity index (χ0) is 10.6. The Morgan fingerprint density at radius 3 is 2.86 bits per heavy atom. The van der Waals surface area contributed by atoms with E-state index in [1.54, 1.807) is 0 Å². The lowest BCUT2D eigenvalue weighted by Crippen LogP contribution is -2.50. The van der Waals surface area contributed by atoms with Crippen LogP contribution in [0.25, 0.3) is 0 Å². The Morgan fingerprint density at radius 2 is 2.29 bits per heavy atom. The van der Waals surface area contributed by atoms with Crippen LogP contribution in [0.2, 0.25) is 0 Å². The van der Waals surface area contributed by atoms with Gasteiger partial charge in [0, 0.05) is 18.6 Å². The van der Waals surface area contributed by atoms with Crippen molar-refractivity contribution in [1.82, 2.24) is 4.90 Å². The van der Waals surface area contributed by atoms with Gasteiger partial charge in [0.05, 0.1) is 6.61 Å². The summed E-state index contributed by atoms with van der Waals surface area (Å²) in [5.41, 5.74) is 5.49. The van der Waals surface area contributed by atoms with Gasteiger partial charge in [-0.2, -0.15) is 0 Å². The lowest BCUT2D eigenvalue weighted by molar-refractivity contribution is 0.160. The van der Waals surface area contributed by atoms with E-state index in [0.29, 0.717) is 0 Å². The maximum absolute atomic E-state index is 9.07. The summed E-state index contributed by atoms with van der Waals surface area (Å²) in [6.07, 6.45) is 3.91. The molecule has 1 heterocycles. The van der Waals surface area contributed by atoms with Gasteiger partial charge >= 0.3 is 0 Å². The number of likely N-dealkylation sites (tertiary alicyclic amines) is 1. The Hall–Kier alpha value is -0.120. The van der Waals surface area contributed by atoms with Gasteiger partial charge < -0.3 is 15.7 Å². The van der Waals surface area contributed by atoms with Crippen molar-refractivity contribution in [2.75, 3.05) is 26.2 Å². The fourth-order valence-corrected chi connectivity index (χ4v) is 2.26. The monoisotopic (exact) mass is 200 g/mol. The number of nitrogens with zero attached hydrogens (tertiary/aromatic N) is 1. The van der Waals surface area contributed by atoms with Crippen molar-refractivity contribution in [1.29, 1.82) is 0 Å². The average molecular weight is 200 g/mol. The molecule has 0 bridgehead atoms. The van der Waals surface area contributed by atoms with Gasteiger partial charge in [-0.15, -0.1) is 0 Å². The Bertz CT molecular complexity index is 171. The largest absolute Gasteiger partial charge is 0.394 e. The van der Waals surface area contributed by atoms with Crippen LogP contribution < -0.4 is 5.73 Å². The van der Waals surface area contributed by atoms with E-state index < -0.39 is 5.54 Å². The minimum atomic E-state index is -0.429. The highest BCUT2D eigenvalue weighted by atomic mass is 16.3. The highest BCUT2D eigenvalue weighted by molar-refractivity contribution is 4.85. The molecule has 0 saturated carbocycles. The number of hydrogen-bond donors (Lipinski definition) is 2. The highest BCUT2D eigenvalue weighted by Gasteiger charge is 2.27. The van der Waals surface area contributed by atoms with Gasteiger partial charge in [0.2, 0.25) is 0 Å². The molecule has 1 aliphatic rings. The molecule has 0 spiro atoms. The van der Waals surface area contributed by atoms with Crippen LogP contribution in [0.15, 0.2) is 0 Å². The third kappa shape index (κ3) is 3.56. The third-order valence-corrected chi connectivity index (χ3v) is 3.01. The standard InChI is InChI=1S/C11H24N2O/c1-3-4-10-5-6-13(7-10)8-11(2,12)9-14/h10,14H,3-9,12H2,1-2H3. The summed E-state index contributed by atoms with van der Waals surface area (Å²) in [4.78, 5) is 2.39. The molecule has 0 aliphatic carbocycles. The van der Waals surface area contributed by atoms with Crippen molar-refractivity contribution in [2.45, 2.75) is 38.6 Å². The fraction of sp³-hybridized carbons (Fsp3) is 1.00. The Balaban J connectivity index is 2.28. The summed E-state index contributed by atoms with van der Waals surface area (Å²) < 4.78 is 0. The molecular formula is C11H24N2O. The molecule has 0 aromatic rings. The minimum Gasteiger partial charge on any atom is -0.394 e. The van der Waals surface area contributed by atoms with Gasteiger partial charge in [0.15, 0.2) is 0 Å². The maximum atomic E-state index is 9.07. The second-order valence-electron chi connectivity index (χ2n) is 4.99. The van der Waals surface area contributed by atoms with Gasteiger partial charge in [-0.05, 0) is 32.2 Å². The lowest BCUT2D eigenvalue weighted by Gasteiger charge is -2.28. The predicted octanol–water partition coefficient (Wildman–Crippen LogP) is 0.818. The molecule has 14 heavy (non-hydrogen) atoms. The number of rotatable bonds is 5. The molecule has 3 nitrogen and oxygen atoms in total. The first-order valence-corrected chi connectivity index (χ1v) is 5.69. The zero-order valence-corrected chi connectivity index (χ0v) is 9.50. The zero-order valence-electron chi connectivity index (χ0n) is 9.50. The van der Waals surface area contributed by atoms with Crippen LogP contribution in [0.3, 0.4) is 0 Å². The first-order chi connectivity index (χ1) is 6.57. The van der Waals surface area contributed by atoms with Crippen LogP contribution in [0.4, 0.5) is 0 Å². The lowest BCUT2D eigenvalue weighted by atomic mass is 10.0. The van der Waals surface area contributed by atoms with Crippen molar-refractivity contribution in [3.05, 3.63) is 0 Å². The van der Waals surface area contributed by atoms with Gasteiger partial charge in [0.25, 0.3) is 0 Å². The van der Waals surface area contributed by atoms with Crippen molar-refractivity contribution >= 4 is 0 Å². The second kappa shape index (κ2) is 5.10. The molecule has 1 rings (SSSR count). The summed E-state index contributed by atoms with van der Waals surface area (Å²) >= 11 is 0. The normalized spacial score (nSPS) is 27.9. The first-order valence-electron chi connectivity index (χ1n) is 5.69. The van der Waals surface area contributed by atoms with Crippen LogP contribution in [-0.4, -0.2) is 41.8 Å². The molecule has 0 radical (unpaired) electrons. The molecule has 3 N–H and O–H groups in total. The van der Waals surface area contributed by atoms with Crippen LogP contribution in [0.5, 0.6) is 0 Å². The molecule has 3 heteroatoms. The second-order valence-corrected chi connectivity index (χ2v) is 4.99. The van der Waals surface area contributed by atoms with Crippen LogP contribution in [0.1, 0.15) is 33.1 Å². The topological polar surface area (TPSA) is 49.5 Å². The van der Waals surface area contributed by atoms with Gasteiger partial charge in [-0.1, -0.05) is 13.3 Å². The van der Waals surface area contributed by atoms with Gasteiger partial charge in [0.1, 0.15) is 0 Å². The molecule has 0 amide bonds. The average Bonchev–Trinajstić information content (AvgIpc) is 2.53. The van der Waals surface area contributed by atoms with E-state index in [1.165, 1.54) is 25.8 Å². The molecule has 1 aliphatic heterocycles. The summed E-state index contributed by atoms with van der Waals surface area (Å²) in [5.74, 6) is 0.856. The fourth-order valence-electron chi connectivity index (χ4n) is 2.26. The first kappa shape index (κ1) is 12.0. The molecule has 84 valence electrons. The van der Waals surface area contributed by atoms with E-state index in [-0.39, 0.29) is 6.61 Å². The Kier molecular flexibility index (Phi) is 4.35. The number of aliphatic hydroxyl groups is 1. The maximum Gasteiger partial charge on any atom is 0.0621 e. The SMILES string of the molecule is CCCC1CCN(CC(C)(N)CO)C1. The number of hydrogen-bond acceptors (Lipinski definition) is 3. The van der Waals surface area contributed by atoms with Gasteiger partial charge in [-0.25, -0.2) is 0 Å². The number of aliphatic hydroxyl groups excluding tert-OH is 1. The van der Waals surface area contributed by atoms with Crippen LogP contribution in [0, 0.1) is 5.92 Å². The Morgan fingerprint density at radius 1 is 1.57 bits per heavy atom. The molecule has 1 saturated heterocycles. The smallest absolute Gasteiger partial charge is 0.0621 e. The summed E-state index contributed by atoms with van der Waals surface area (Å²) in [5, 5.41) is 9.07. The van der Waals surface area contributed by atoms with E-state index in [4.69, 9.17) is 10.8 Å². The number of nitrogens with two attached hydrogens (primary N) is 1. The van der Waals surface area contributed by atoms with Crippen molar-refractivity contribution in [2.24, 2.45) is 11.7 Å². The van der Waals surface area contributed by atoms with Crippen LogP contribution >= 0.6 is 0 Å². The summed E-state index contributed by atoms with van der Waals surface area (Å²) in [7, 11) is 0. The molecule has 2 unspecified atom stereocenters. The van der Waals surface area contributed by atoms with E-state index >= 15 is 0 Å². The van der Waals surface area contributed by atoms with E-state index in [1.807, 2.05) is 6.92 Å². The quantitative estimate of drug-likeness (QED) is 0.691.